The molecule has 1 heterocycles. The summed E-state index contributed by atoms with van der Waals surface area (Å²) in [5.41, 5.74) is -2.50. The molecule has 0 radical (unpaired) electrons. The Kier molecular flexibility index (Phi) is 5.46. The van der Waals surface area contributed by atoms with Gasteiger partial charge in [0.05, 0.1) is 15.2 Å². The summed E-state index contributed by atoms with van der Waals surface area (Å²) in [4.78, 5) is 11.9. The Hall–Kier alpha value is -1.59. The van der Waals surface area contributed by atoms with E-state index in [-0.39, 0.29) is 11.3 Å². The number of hydrogen-bond acceptors (Lipinski definition) is 2. The SMILES string of the molecule is CC1(C)[C@@H](C=C(Cl)C(F)(F)F)[C@@]1(CC#Cc1ccc(C(F)F)s1)C(=O)O. The van der Waals surface area contributed by atoms with Gasteiger partial charge in [-0.3, -0.25) is 4.79 Å². The summed E-state index contributed by atoms with van der Waals surface area (Å²) in [7, 11) is 0. The fourth-order valence-corrected chi connectivity index (χ4v) is 3.98. The minimum absolute atomic E-state index is 0.160. The fraction of sp³-hybridized carbons (Fsp3) is 0.471. The van der Waals surface area contributed by atoms with Crippen molar-refractivity contribution in [3.05, 3.63) is 33.0 Å². The summed E-state index contributed by atoms with van der Waals surface area (Å²) in [5, 5.41) is 8.21. The van der Waals surface area contributed by atoms with Crippen molar-refractivity contribution in [2.45, 2.75) is 32.9 Å². The van der Waals surface area contributed by atoms with Gasteiger partial charge in [0, 0.05) is 12.3 Å². The molecule has 1 aliphatic rings. The number of alkyl halides is 5. The lowest BCUT2D eigenvalue weighted by molar-refractivity contribution is -0.144. The molecule has 0 aromatic carbocycles. The molecule has 1 N–H and O–H groups in total. The average molecular weight is 413 g/mol. The van der Waals surface area contributed by atoms with Gasteiger partial charge in [0.2, 0.25) is 0 Å². The molecular weight excluding hydrogens is 399 g/mol. The van der Waals surface area contributed by atoms with Crippen molar-refractivity contribution in [1.29, 1.82) is 0 Å². The summed E-state index contributed by atoms with van der Waals surface area (Å²) in [5.74, 6) is 3.00. The van der Waals surface area contributed by atoms with Crippen molar-refractivity contribution in [1.82, 2.24) is 0 Å². The molecule has 0 unspecified atom stereocenters. The number of rotatable bonds is 4. The molecule has 2 nitrogen and oxygen atoms in total. The van der Waals surface area contributed by atoms with Crippen LogP contribution < -0.4 is 0 Å². The van der Waals surface area contributed by atoms with E-state index in [1.54, 1.807) is 0 Å². The van der Waals surface area contributed by atoms with Crippen molar-refractivity contribution in [3.8, 4) is 11.8 Å². The van der Waals surface area contributed by atoms with Gasteiger partial charge in [-0.05, 0) is 17.5 Å². The van der Waals surface area contributed by atoms with Gasteiger partial charge < -0.3 is 5.11 Å². The zero-order valence-corrected chi connectivity index (χ0v) is 15.2. The first-order valence-electron chi connectivity index (χ1n) is 7.38. The average Bonchev–Trinajstić information content (AvgIpc) is 2.85. The van der Waals surface area contributed by atoms with Crippen LogP contribution in [0.15, 0.2) is 23.2 Å². The van der Waals surface area contributed by atoms with Gasteiger partial charge in [0.15, 0.2) is 0 Å². The molecule has 9 heteroatoms. The summed E-state index contributed by atoms with van der Waals surface area (Å²) in [6.45, 7) is 3.06. The van der Waals surface area contributed by atoms with E-state index in [1.165, 1.54) is 26.0 Å². The van der Waals surface area contributed by atoms with Crippen molar-refractivity contribution < 1.29 is 31.9 Å². The molecule has 1 saturated carbocycles. The molecule has 2 rings (SSSR count). The lowest BCUT2D eigenvalue weighted by atomic mass is 9.92. The zero-order chi connectivity index (χ0) is 19.9. The van der Waals surface area contributed by atoms with E-state index < -0.39 is 40.4 Å². The third-order valence-corrected chi connectivity index (χ3v) is 6.11. The first kappa shape index (κ1) is 20.7. The molecule has 1 fully saturated rings. The number of carboxylic acids is 1. The predicted molar refractivity (Wildman–Crippen MR) is 88.1 cm³/mol. The van der Waals surface area contributed by atoms with Crippen LogP contribution in [0.1, 0.15) is 36.4 Å². The van der Waals surface area contributed by atoms with E-state index >= 15 is 0 Å². The highest BCUT2D eigenvalue weighted by Crippen LogP contribution is 2.72. The van der Waals surface area contributed by atoms with Crippen molar-refractivity contribution >= 4 is 28.9 Å². The summed E-state index contributed by atoms with van der Waals surface area (Å²) in [6, 6.07) is 2.62. The van der Waals surface area contributed by atoms with Gasteiger partial charge in [-0.1, -0.05) is 43.4 Å². The van der Waals surface area contributed by atoms with Crippen LogP contribution in [0.2, 0.25) is 0 Å². The standard InChI is InChI=1S/C17H14ClF5O2S/c1-15(2)11(8-12(18)17(21,22)23)16(15,14(24)25)7-3-4-9-5-6-10(26-9)13(19)20/h5-6,8,11,13H,7H2,1-2H3,(H,24,25)/t11-,16+/m1/s1. The van der Waals surface area contributed by atoms with E-state index in [1.807, 2.05) is 0 Å². The van der Waals surface area contributed by atoms with E-state index in [0.717, 1.165) is 17.4 Å². The number of halogens is 6. The molecule has 1 aromatic rings. The highest BCUT2D eigenvalue weighted by molar-refractivity contribution is 7.12. The van der Waals surface area contributed by atoms with E-state index in [2.05, 4.69) is 11.8 Å². The maximum absolute atomic E-state index is 12.6. The number of allylic oxidation sites excluding steroid dienone is 2. The second kappa shape index (κ2) is 6.86. The lowest BCUT2D eigenvalue weighted by Crippen LogP contribution is -2.21. The monoisotopic (exact) mass is 412 g/mol. The van der Waals surface area contributed by atoms with E-state index in [4.69, 9.17) is 11.6 Å². The first-order valence-corrected chi connectivity index (χ1v) is 8.58. The molecule has 0 aliphatic heterocycles. The van der Waals surface area contributed by atoms with Crippen LogP contribution in [0.5, 0.6) is 0 Å². The largest absolute Gasteiger partial charge is 0.481 e. The van der Waals surface area contributed by atoms with Crippen LogP contribution in [-0.2, 0) is 4.79 Å². The Morgan fingerprint density at radius 2 is 2.04 bits per heavy atom. The van der Waals surface area contributed by atoms with Gasteiger partial charge in [-0.25, -0.2) is 8.78 Å². The Labute approximate surface area is 155 Å². The quantitative estimate of drug-likeness (QED) is 0.498. The van der Waals surface area contributed by atoms with Crippen LogP contribution in [0.4, 0.5) is 22.0 Å². The number of aliphatic carboxylic acids is 1. The third-order valence-electron chi connectivity index (χ3n) is 4.76. The highest BCUT2D eigenvalue weighted by Gasteiger charge is 2.74. The fourth-order valence-electron chi connectivity index (χ4n) is 3.12. The minimum Gasteiger partial charge on any atom is -0.481 e. The number of thiophene rings is 1. The van der Waals surface area contributed by atoms with Crippen molar-refractivity contribution in [3.63, 3.8) is 0 Å². The molecule has 0 amide bonds. The molecule has 1 aliphatic carbocycles. The second-order valence-electron chi connectivity index (χ2n) is 6.47. The Balaban J connectivity index is 2.26. The maximum Gasteiger partial charge on any atom is 0.426 e. The molecule has 0 spiro atoms. The summed E-state index contributed by atoms with van der Waals surface area (Å²) in [6.07, 6.45) is -6.88. The normalized spacial score (nSPS) is 25.0. The third kappa shape index (κ3) is 3.60. The first-order chi connectivity index (χ1) is 11.8. The second-order valence-corrected chi connectivity index (χ2v) is 7.99. The summed E-state index contributed by atoms with van der Waals surface area (Å²) < 4.78 is 63.0. The van der Waals surface area contributed by atoms with Gasteiger partial charge >= 0.3 is 12.1 Å². The topological polar surface area (TPSA) is 37.3 Å². The Morgan fingerprint density at radius 3 is 2.50 bits per heavy atom. The molecule has 0 saturated heterocycles. The number of carboxylic acid groups (broad SMARTS) is 1. The van der Waals surface area contributed by atoms with Crippen molar-refractivity contribution in [2.75, 3.05) is 0 Å². The smallest absolute Gasteiger partial charge is 0.426 e. The maximum atomic E-state index is 12.6. The molecule has 26 heavy (non-hydrogen) atoms. The van der Waals surface area contributed by atoms with Crippen LogP contribution in [0, 0.1) is 28.6 Å². The van der Waals surface area contributed by atoms with Gasteiger partial charge in [0.1, 0.15) is 5.03 Å². The van der Waals surface area contributed by atoms with Gasteiger partial charge in [0.25, 0.3) is 6.43 Å². The van der Waals surface area contributed by atoms with Gasteiger partial charge in [-0.2, -0.15) is 13.2 Å². The predicted octanol–water partition coefficient (Wildman–Crippen LogP) is 5.84. The summed E-state index contributed by atoms with van der Waals surface area (Å²) >= 11 is 6.03. The zero-order valence-electron chi connectivity index (χ0n) is 13.6. The van der Waals surface area contributed by atoms with Crippen LogP contribution in [0.25, 0.3) is 0 Å². The minimum atomic E-state index is -4.75. The number of hydrogen-bond donors (Lipinski definition) is 1. The van der Waals surface area contributed by atoms with Crippen LogP contribution >= 0.6 is 22.9 Å². The van der Waals surface area contributed by atoms with Crippen LogP contribution in [-0.4, -0.2) is 17.3 Å². The van der Waals surface area contributed by atoms with E-state index in [0.29, 0.717) is 4.88 Å². The molecule has 0 bridgehead atoms. The lowest BCUT2D eigenvalue weighted by Gasteiger charge is -2.11. The molecule has 142 valence electrons. The molecular formula is C17H14ClF5O2S. The highest BCUT2D eigenvalue weighted by atomic mass is 35.5. The van der Waals surface area contributed by atoms with Gasteiger partial charge in [-0.15, -0.1) is 11.3 Å². The molecule has 1 aromatic heterocycles. The van der Waals surface area contributed by atoms with Crippen LogP contribution in [0.3, 0.4) is 0 Å². The molecule has 2 atom stereocenters. The Morgan fingerprint density at radius 1 is 1.42 bits per heavy atom. The van der Waals surface area contributed by atoms with E-state index in [9.17, 15) is 31.9 Å². The van der Waals surface area contributed by atoms with Crippen molar-refractivity contribution in [2.24, 2.45) is 16.7 Å². The Bertz CT molecular complexity index is 800. The number of carbonyl (C=O) groups is 1.